The number of fused-ring (bicyclic) bond motifs is 6. The van der Waals surface area contributed by atoms with Crippen LogP contribution in [0.1, 0.15) is 11.4 Å². The van der Waals surface area contributed by atoms with Gasteiger partial charge in [-0.25, -0.2) is 4.99 Å². The van der Waals surface area contributed by atoms with Crippen molar-refractivity contribution >= 4 is 45.8 Å². The van der Waals surface area contributed by atoms with Gasteiger partial charge in [0.25, 0.3) is 0 Å². The van der Waals surface area contributed by atoms with Crippen LogP contribution in [0, 0.1) is 0 Å². The van der Waals surface area contributed by atoms with E-state index in [-0.39, 0.29) is 0 Å². The molecule has 9 rings (SSSR count). The summed E-state index contributed by atoms with van der Waals surface area (Å²) in [5.74, 6) is 0. The zero-order chi connectivity index (χ0) is 37.2. The molecular weight excluding hydrogens is 711 g/mol. The average Bonchev–Trinajstić information content (AvgIpc) is 4.01. The fourth-order valence-electron chi connectivity index (χ4n) is 7.84. The number of allylic oxidation sites excluding steroid dienone is 11. The third kappa shape index (κ3) is 5.76. The first kappa shape index (κ1) is 34.3. The summed E-state index contributed by atoms with van der Waals surface area (Å²) in [5, 5.41) is 1.96. The summed E-state index contributed by atoms with van der Waals surface area (Å²) in [4.78, 5) is 24.3. The third-order valence-electron chi connectivity index (χ3n) is 10.9. The first-order valence-electron chi connectivity index (χ1n) is 18.3. The highest BCUT2D eigenvalue weighted by Crippen LogP contribution is 2.54. The minimum atomic E-state index is -1.38. The second-order valence-electron chi connectivity index (χ2n) is 14.7. The molecule has 0 saturated carbocycles. The van der Waals surface area contributed by atoms with Crippen molar-refractivity contribution in [2.75, 3.05) is 54.4 Å². The van der Waals surface area contributed by atoms with Crippen LogP contribution in [0.15, 0.2) is 166 Å². The molecule has 7 aliphatic rings. The molecule has 0 aliphatic carbocycles. The van der Waals surface area contributed by atoms with Gasteiger partial charge in [-0.3, -0.25) is 4.99 Å². The molecule has 54 heavy (non-hydrogen) atoms. The summed E-state index contributed by atoms with van der Waals surface area (Å²) in [5.41, 5.74) is 11.2. The molecule has 7 aliphatic heterocycles. The lowest BCUT2D eigenvalue weighted by molar-refractivity contribution is 0.487. The number of rotatable bonds is 4. The van der Waals surface area contributed by atoms with Crippen molar-refractivity contribution in [3.05, 3.63) is 178 Å². The van der Waals surface area contributed by atoms with Crippen LogP contribution in [-0.4, -0.2) is 100 Å². The van der Waals surface area contributed by atoms with Crippen molar-refractivity contribution in [2.24, 2.45) is 9.98 Å². The summed E-state index contributed by atoms with van der Waals surface area (Å²) in [6.45, 7) is 3.04. The Hall–Kier alpha value is -5.44. The van der Waals surface area contributed by atoms with Crippen LogP contribution in [-0.2, 0) is 4.87 Å². The Kier molecular flexibility index (Phi) is 8.36. The quantitative estimate of drug-likeness (QED) is 0.302. The van der Waals surface area contributed by atoms with Gasteiger partial charge < -0.3 is 29.6 Å². The molecule has 9 heterocycles. The lowest BCUT2D eigenvalue weighted by Crippen LogP contribution is -2.42. The Balaban J connectivity index is 1.37. The normalized spacial score (nSPS) is 26.1. The monoisotopic (exact) mass is 752 g/mol. The lowest BCUT2D eigenvalue weighted by atomic mass is 9.85. The minimum Gasteiger partial charge on any atom is -0.377 e. The van der Waals surface area contributed by atoms with E-state index in [1.165, 1.54) is 0 Å². The van der Waals surface area contributed by atoms with Crippen molar-refractivity contribution < 1.29 is 0 Å². The molecular formula is C44H42Cl2N8. The van der Waals surface area contributed by atoms with Crippen LogP contribution in [0.5, 0.6) is 0 Å². The van der Waals surface area contributed by atoms with Gasteiger partial charge in [0.1, 0.15) is 0 Å². The second-order valence-corrected chi connectivity index (χ2v) is 15.9. The Morgan fingerprint density at radius 2 is 1.15 bits per heavy atom. The fourth-order valence-corrected chi connectivity index (χ4v) is 8.56. The predicted molar refractivity (Wildman–Crippen MR) is 222 cm³/mol. The van der Waals surface area contributed by atoms with Crippen molar-refractivity contribution in [3.8, 4) is 0 Å². The number of hydrogen-bond acceptors (Lipinski definition) is 6. The second kappa shape index (κ2) is 13.1. The smallest absolute Gasteiger partial charge is 0.181 e. The van der Waals surface area contributed by atoms with Gasteiger partial charge in [-0.2, -0.15) is 0 Å². The number of nitrogens with one attached hydrogen (secondary N) is 2. The van der Waals surface area contributed by atoms with Crippen molar-refractivity contribution in [3.63, 3.8) is 0 Å². The van der Waals surface area contributed by atoms with E-state index in [0.29, 0.717) is 6.54 Å². The van der Waals surface area contributed by atoms with Gasteiger partial charge in [-0.15, -0.1) is 11.6 Å². The number of H-pyrrole nitrogens is 2. The lowest BCUT2D eigenvalue weighted by Gasteiger charge is -2.39. The van der Waals surface area contributed by atoms with Crippen LogP contribution in [0.3, 0.4) is 0 Å². The van der Waals surface area contributed by atoms with E-state index in [1.54, 1.807) is 0 Å². The molecule has 0 unspecified atom stereocenters. The molecule has 8 nitrogen and oxygen atoms in total. The maximum atomic E-state index is 8.04. The predicted octanol–water partition coefficient (Wildman–Crippen LogP) is 5.89. The van der Waals surface area contributed by atoms with E-state index in [1.807, 2.05) is 31.5 Å². The van der Waals surface area contributed by atoms with Crippen molar-refractivity contribution in [1.82, 2.24) is 29.6 Å². The summed E-state index contributed by atoms with van der Waals surface area (Å²) >= 11 is 15.9. The number of aromatic amines is 2. The number of nitrogens with zero attached hydrogens (tertiary/aromatic N) is 6. The maximum Gasteiger partial charge on any atom is 0.181 e. The first-order chi connectivity index (χ1) is 26.1. The Labute approximate surface area is 325 Å². The molecule has 0 radical (unpaired) electrons. The van der Waals surface area contributed by atoms with E-state index in [9.17, 15) is 0 Å². The van der Waals surface area contributed by atoms with Crippen LogP contribution in [0.2, 0.25) is 0 Å². The van der Waals surface area contributed by atoms with Crippen LogP contribution in [0.25, 0.3) is 11.1 Å². The molecule has 272 valence electrons. The SMILES string of the molecule is CN1C=CC(C2=C3C=CC(=N3)C(C3=CCN(C)C=C3)=c3ccc([nH]3)=C(C3=CCN(C)C=C3)c3ccc([nH]3)[C@](Cl)(C3=CCN(C)C=C3)[C@@]3(Cl)C=CC2=N3)=CC1. The van der Waals surface area contributed by atoms with E-state index in [4.69, 9.17) is 33.2 Å². The standard InChI is InChI=1S/C44H42Cl2N8/c1-51-21-12-29(13-22-51)40-33-5-6-35(47-33)41(30-14-23-52(2)24-15-30)37-9-10-39(49-37)44(46,32-18-27-54(4)28-19-32)43(45)20-11-38(50-43)42(36-8-7-34(40)48-36)31-16-25-53(3)26-17-31/h5-21,23,25,27,47,49H,22,24,26,28H2,1-4H3/t43-,44-/m1/s1. The fraction of sp³-hybridized carbons (Fsp3) is 0.227. The van der Waals surface area contributed by atoms with E-state index >= 15 is 0 Å². The largest absolute Gasteiger partial charge is 0.377 e. The van der Waals surface area contributed by atoms with Gasteiger partial charge >= 0.3 is 0 Å². The zero-order valence-electron chi connectivity index (χ0n) is 30.8. The summed E-state index contributed by atoms with van der Waals surface area (Å²) < 4.78 is 0. The van der Waals surface area contributed by atoms with E-state index in [2.05, 4.69) is 148 Å². The molecule has 0 spiro atoms. The van der Waals surface area contributed by atoms with Gasteiger partial charge in [0.05, 0.1) is 17.1 Å². The van der Waals surface area contributed by atoms with Gasteiger partial charge in [-0.05, 0) is 120 Å². The van der Waals surface area contributed by atoms with Gasteiger partial charge in [0.15, 0.2) is 9.87 Å². The molecule has 2 N–H and O–H groups in total. The van der Waals surface area contributed by atoms with Gasteiger partial charge in [0.2, 0.25) is 0 Å². The molecule has 0 amide bonds. The maximum absolute atomic E-state index is 8.04. The topological polar surface area (TPSA) is 69.3 Å². The molecule has 0 fully saturated rings. The van der Waals surface area contributed by atoms with Crippen molar-refractivity contribution in [1.29, 1.82) is 0 Å². The molecule has 2 aromatic heterocycles. The van der Waals surface area contributed by atoms with Gasteiger partial charge in [0, 0.05) is 93.2 Å². The third-order valence-corrected chi connectivity index (χ3v) is 12.2. The molecule has 2 aromatic rings. The number of halogens is 2. The number of alkyl halides is 2. The van der Waals surface area contributed by atoms with Crippen molar-refractivity contribution in [2.45, 2.75) is 9.87 Å². The van der Waals surface area contributed by atoms with Crippen LogP contribution in [0.4, 0.5) is 0 Å². The summed E-state index contributed by atoms with van der Waals surface area (Å²) in [6.07, 6.45) is 33.9. The van der Waals surface area contributed by atoms with E-state index in [0.717, 1.165) is 97.9 Å². The van der Waals surface area contributed by atoms with Gasteiger partial charge in [-0.1, -0.05) is 35.9 Å². The van der Waals surface area contributed by atoms with E-state index < -0.39 is 9.87 Å². The number of aliphatic imine (C=N–C) groups is 2. The highest BCUT2D eigenvalue weighted by molar-refractivity contribution is 6.39. The molecule has 0 saturated heterocycles. The zero-order valence-corrected chi connectivity index (χ0v) is 32.3. The summed E-state index contributed by atoms with van der Waals surface area (Å²) in [7, 11) is 8.27. The Morgan fingerprint density at radius 3 is 1.74 bits per heavy atom. The molecule has 8 bridgehead atoms. The highest BCUT2D eigenvalue weighted by atomic mass is 35.5. The molecule has 0 aromatic carbocycles. The number of hydrogen-bond donors (Lipinski definition) is 2. The molecule has 10 heteroatoms. The van der Waals surface area contributed by atoms with Crippen LogP contribution < -0.4 is 10.7 Å². The highest BCUT2D eigenvalue weighted by Gasteiger charge is 2.54. The molecule has 2 atom stereocenters. The van der Waals surface area contributed by atoms with Crippen LogP contribution >= 0.6 is 23.2 Å². The average molecular weight is 754 g/mol. The Morgan fingerprint density at radius 1 is 0.574 bits per heavy atom. The Bertz CT molecular complexity index is 2500. The number of aromatic nitrogens is 2. The minimum absolute atomic E-state index is 0.693. The summed E-state index contributed by atoms with van der Waals surface area (Å²) in [6, 6.07) is 8.51. The number of likely N-dealkylation sites (N-methyl/N-ethyl adjacent to an activating group) is 4. The first-order valence-corrected chi connectivity index (χ1v) is 19.0.